The van der Waals surface area contributed by atoms with Gasteiger partial charge in [-0.1, -0.05) is 12.1 Å². The lowest BCUT2D eigenvalue weighted by Crippen LogP contribution is -2.09. The third kappa shape index (κ3) is 2.53. The fraction of sp³-hybridized carbons (Fsp3) is 0. The molecule has 0 unspecified atom stereocenters. The van der Waals surface area contributed by atoms with E-state index in [1.807, 2.05) is 12.1 Å². The number of primary sulfonamides is 1. The van der Waals surface area contributed by atoms with Gasteiger partial charge in [0.15, 0.2) is 0 Å². The largest absolute Gasteiger partial charge is 0.247 e. The van der Waals surface area contributed by atoms with Gasteiger partial charge < -0.3 is 0 Å². The molecule has 0 saturated heterocycles. The SMILES string of the molecule is N#Cc1cccc(-c2ccc(S(N)(=O)=O)s2)c1. The van der Waals surface area contributed by atoms with Gasteiger partial charge in [-0.25, -0.2) is 13.6 Å². The van der Waals surface area contributed by atoms with Crippen molar-refractivity contribution < 1.29 is 8.42 Å². The molecule has 1 heterocycles. The Balaban J connectivity index is 2.48. The average molecular weight is 264 g/mol. The first-order valence-corrected chi connectivity index (χ1v) is 7.00. The Hall–Kier alpha value is -1.68. The van der Waals surface area contributed by atoms with E-state index in [1.165, 1.54) is 6.07 Å². The van der Waals surface area contributed by atoms with Gasteiger partial charge in [0.2, 0.25) is 10.0 Å². The molecule has 0 fully saturated rings. The monoisotopic (exact) mass is 264 g/mol. The summed E-state index contributed by atoms with van der Waals surface area (Å²) in [5, 5.41) is 13.8. The van der Waals surface area contributed by atoms with Crippen LogP contribution in [0.1, 0.15) is 5.56 Å². The van der Waals surface area contributed by atoms with Crippen molar-refractivity contribution in [2.75, 3.05) is 0 Å². The van der Waals surface area contributed by atoms with E-state index in [0.29, 0.717) is 5.56 Å². The van der Waals surface area contributed by atoms with Crippen molar-refractivity contribution in [1.29, 1.82) is 5.26 Å². The van der Waals surface area contributed by atoms with Gasteiger partial charge in [0, 0.05) is 4.88 Å². The molecular weight excluding hydrogens is 256 g/mol. The number of nitrogens with zero attached hydrogens (tertiary/aromatic N) is 1. The summed E-state index contributed by atoms with van der Waals surface area (Å²) in [6.45, 7) is 0. The van der Waals surface area contributed by atoms with Crippen LogP contribution in [-0.4, -0.2) is 8.42 Å². The van der Waals surface area contributed by atoms with Crippen LogP contribution < -0.4 is 5.14 Å². The molecule has 0 radical (unpaired) electrons. The first kappa shape index (κ1) is 11.8. The Kier molecular flexibility index (Phi) is 2.98. The maximum absolute atomic E-state index is 11.1. The fourth-order valence-electron chi connectivity index (χ4n) is 1.37. The molecule has 2 aromatic rings. The zero-order valence-electron chi connectivity index (χ0n) is 8.62. The zero-order chi connectivity index (χ0) is 12.5. The lowest BCUT2D eigenvalue weighted by Gasteiger charge is -1.97. The maximum Gasteiger partial charge on any atom is 0.247 e. The summed E-state index contributed by atoms with van der Waals surface area (Å²) in [5.41, 5.74) is 1.34. The van der Waals surface area contributed by atoms with Gasteiger partial charge in [-0.05, 0) is 29.8 Å². The first-order valence-electron chi connectivity index (χ1n) is 4.64. The van der Waals surface area contributed by atoms with Gasteiger partial charge in [-0.2, -0.15) is 5.26 Å². The summed E-state index contributed by atoms with van der Waals surface area (Å²) >= 11 is 1.09. The van der Waals surface area contributed by atoms with Gasteiger partial charge in [-0.15, -0.1) is 11.3 Å². The molecule has 0 bridgehead atoms. The molecule has 0 aliphatic heterocycles. The normalized spacial score (nSPS) is 11.1. The molecule has 2 rings (SSSR count). The minimum Gasteiger partial charge on any atom is -0.224 e. The Bertz CT molecular complexity index is 696. The molecule has 4 nitrogen and oxygen atoms in total. The van der Waals surface area contributed by atoms with Crippen LogP contribution in [-0.2, 0) is 10.0 Å². The Morgan fingerprint density at radius 1 is 1.24 bits per heavy atom. The smallest absolute Gasteiger partial charge is 0.224 e. The molecule has 17 heavy (non-hydrogen) atoms. The number of benzene rings is 1. The molecule has 1 aromatic heterocycles. The van der Waals surface area contributed by atoms with Crippen molar-refractivity contribution in [2.45, 2.75) is 4.21 Å². The molecule has 0 aliphatic carbocycles. The van der Waals surface area contributed by atoms with E-state index < -0.39 is 10.0 Å². The molecule has 0 amide bonds. The number of hydrogen-bond donors (Lipinski definition) is 1. The predicted molar refractivity (Wildman–Crippen MR) is 65.8 cm³/mol. The van der Waals surface area contributed by atoms with E-state index >= 15 is 0 Å². The third-order valence-corrected chi connectivity index (χ3v) is 4.71. The number of rotatable bonds is 2. The molecule has 2 N–H and O–H groups in total. The predicted octanol–water partition coefficient (Wildman–Crippen LogP) is 1.93. The average Bonchev–Trinajstić information content (AvgIpc) is 2.78. The van der Waals surface area contributed by atoms with E-state index in [9.17, 15) is 8.42 Å². The molecular formula is C11H8N2O2S2. The van der Waals surface area contributed by atoms with Gasteiger partial charge in [0.25, 0.3) is 0 Å². The highest BCUT2D eigenvalue weighted by Crippen LogP contribution is 2.30. The van der Waals surface area contributed by atoms with E-state index in [-0.39, 0.29) is 4.21 Å². The van der Waals surface area contributed by atoms with Crippen LogP contribution in [0.4, 0.5) is 0 Å². The van der Waals surface area contributed by atoms with Crippen molar-refractivity contribution in [1.82, 2.24) is 0 Å². The van der Waals surface area contributed by atoms with Crippen LogP contribution in [0.15, 0.2) is 40.6 Å². The van der Waals surface area contributed by atoms with Crippen LogP contribution in [0.2, 0.25) is 0 Å². The summed E-state index contributed by atoms with van der Waals surface area (Å²) < 4.78 is 22.4. The second-order valence-electron chi connectivity index (χ2n) is 3.36. The molecule has 0 spiro atoms. The Morgan fingerprint density at radius 3 is 2.59 bits per heavy atom. The van der Waals surface area contributed by atoms with Crippen molar-refractivity contribution in [3.63, 3.8) is 0 Å². The molecule has 86 valence electrons. The van der Waals surface area contributed by atoms with E-state index in [2.05, 4.69) is 0 Å². The number of nitrogens with two attached hydrogens (primary N) is 1. The van der Waals surface area contributed by atoms with Crippen molar-refractivity contribution >= 4 is 21.4 Å². The van der Waals surface area contributed by atoms with Crippen LogP contribution in [0.5, 0.6) is 0 Å². The summed E-state index contributed by atoms with van der Waals surface area (Å²) in [4.78, 5) is 0.770. The van der Waals surface area contributed by atoms with Crippen molar-refractivity contribution in [2.24, 2.45) is 5.14 Å². The van der Waals surface area contributed by atoms with E-state index in [1.54, 1.807) is 24.3 Å². The lowest BCUT2D eigenvalue weighted by atomic mass is 10.1. The summed E-state index contributed by atoms with van der Waals surface area (Å²) in [7, 11) is -3.65. The first-order chi connectivity index (χ1) is 8.00. The van der Waals surface area contributed by atoms with Crippen LogP contribution in [0.25, 0.3) is 10.4 Å². The lowest BCUT2D eigenvalue weighted by molar-refractivity contribution is 0.600. The number of hydrogen-bond acceptors (Lipinski definition) is 4. The summed E-state index contributed by atoms with van der Waals surface area (Å²) in [5.74, 6) is 0. The number of thiophene rings is 1. The highest BCUT2D eigenvalue weighted by atomic mass is 32.2. The summed E-state index contributed by atoms with van der Waals surface area (Å²) in [6, 6.07) is 12.2. The molecule has 1 aromatic carbocycles. The number of nitriles is 1. The van der Waals surface area contributed by atoms with Gasteiger partial charge >= 0.3 is 0 Å². The van der Waals surface area contributed by atoms with E-state index in [4.69, 9.17) is 10.4 Å². The minimum absolute atomic E-state index is 0.120. The fourth-order valence-corrected chi connectivity index (χ4v) is 3.10. The second-order valence-corrected chi connectivity index (χ2v) is 6.23. The van der Waals surface area contributed by atoms with Gasteiger partial charge in [-0.3, -0.25) is 0 Å². The highest BCUT2D eigenvalue weighted by molar-refractivity contribution is 7.91. The molecule has 0 atom stereocenters. The topological polar surface area (TPSA) is 83.9 Å². The molecule has 0 saturated carbocycles. The van der Waals surface area contributed by atoms with Gasteiger partial charge in [0.1, 0.15) is 4.21 Å². The van der Waals surface area contributed by atoms with Crippen LogP contribution in [0, 0.1) is 11.3 Å². The minimum atomic E-state index is -3.65. The van der Waals surface area contributed by atoms with Crippen molar-refractivity contribution in [3.8, 4) is 16.5 Å². The van der Waals surface area contributed by atoms with Crippen LogP contribution in [0.3, 0.4) is 0 Å². The Morgan fingerprint density at radius 2 is 2.00 bits per heavy atom. The second kappa shape index (κ2) is 4.30. The maximum atomic E-state index is 11.1. The number of sulfonamides is 1. The third-order valence-electron chi connectivity index (χ3n) is 2.14. The quantitative estimate of drug-likeness (QED) is 0.899. The molecule has 0 aliphatic rings. The Labute approximate surface area is 103 Å². The van der Waals surface area contributed by atoms with E-state index in [0.717, 1.165) is 21.8 Å². The van der Waals surface area contributed by atoms with Crippen LogP contribution >= 0.6 is 11.3 Å². The summed E-state index contributed by atoms with van der Waals surface area (Å²) in [6.07, 6.45) is 0. The highest BCUT2D eigenvalue weighted by Gasteiger charge is 2.12. The van der Waals surface area contributed by atoms with Crippen molar-refractivity contribution in [3.05, 3.63) is 42.0 Å². The molecule has 6 heteroatoms. The standard InChI is InChI=1S/C11H8N2O2S2/c12-7-8-2-1-3-9(6-8)10-4-5-11(16-10)17(13,14)15/h1-6H,(H2,13,14,15). The zero-order valence-corrected chi connectivity index (χ0v) is 10.3. The van der Waals surface area contributed by atoms with Gasteiger partial charge in [0.05, 0.1) is 11.6 Å².